The van der Waals surface area contributed by atoms with Gasteiger partial charge in [-0.1, -0.05) is 29.3 Å². The Balaban J connectivity index is 1.86. The number of aryl methyl sites for hydroxylation is 1. The molecule has 7 nitrogen and oxygen atoms in total. The summed E-state index contributed by atoms with van der Waals surface area (Å²) in [5, 5.41) is 1.51. The number of hydrogen-bond acceptors (Lipinski definition) is 4. The van der Waals surface area contributed by atoms with Gasteiger partial charge in [0.1, 0.15) is 17.0 Å². The zero-order valence-corrected chi connectivity index (χ0v) is 17.2. The number of primary amides is 1. The van der Waals surface area contributed by atoms with Crippen molar-refractivity contribution >= 4 is 45.7 Å². The molecule has 0 saturated heterocycles. The van der Waals surface area contributed by atoms with Crippen molar-refractivity contribution < 1.29 is 4.79 Å². The average molecular weight is 437 g/mol. The van der Waals surface area contributed by atoms with Gasteiger partial charge in [-0.25, -0.2) is 9.97 Å². The van der Waals surface area contributed by atoms with Crippen LogP contribution in [0, 0.1) is 0 Å². The maximum atomic E-state index is 12.4. The normalized spacial score (nSPS) is 11.4. The number of nitrogens with zero attached hydrogens (tertiary/aromatic N) is 5. The summed E-state index contributed by atoms with van der Waals surface area (Å²) in [6.45, 7) is 0. The number of pyridine rings is 2. The van der Waals surface area contributed by atoms with E-state index < -0.39 is 5.91 Å². The van der Waals surface area contributed by atoms with Gasteiger partial charge in [0.05, 0.1) is 27.6 Å². The maximum absolute atomic E-state index is 12.4. The molecule has 148 valence electrons. The molecule has 1 aromatic carbocycles. The molecular formula is C21H14Cl2N6O. The molecule has 0 aliphatic carbocycles. The van der Waals surface area contributed by atoms with E-state index in [0.29, 0.717) is 26.9 Å². The second-order valence-electron chi connectivity index (χ2n) is 6.86. The van der Waals surface area contributed by atoms with Gasteiger partial charge < -0.3 is 10.3 Å². The number of fused-ring (bicyclic) bond motifs is 3. The molecule has 4 heterocycles. The second-order valence-corrected chi connectivity index (χ2v) is 7.67. The smallest absolute Gasteiger partial charge is 0.268 e. The lowest BCUT2D eigenvalue weighted by molar-refractivity contribution is 0.0995. The zero-order chi connectivity index (χ0) is 21.0. The van der Waals surface area contributed by atoms with Crippen LogP contribution in [0.1, 0.15) is 10.5 Å². The molecule has 0 unspecified atom stereocenters. The summed E-state index contributed by atoms with van der Waals surface area (Å²) < 4.78 is 3.50. The highest BCUT2D eigenvalue weighted by Crippen LogP contribution is 2.37. The van der Waals surface area contributed by atoms with Crippen LogP contribution in [0.3, 0.4) is 0 Å². The number of aromatic nitrogens is 5. The molecule has 1 amide bonds. The maximum Gasteiger partial charge on any atom is 0.268 e. The first-order valence-electron chi connectivity index (χ1n) is 8.97. The summed E-state index contributed by atoms with van der Waals surface area (Å²) in [6.07, 6.45) is 7.09. The number of rotatable bonds is 3. The largest absolute Gasteiger partial charge is 0.364 e. The number of benzene rings is 1. The van der Waals surface area contributed by atoms with Gasteiger partial charge >= 0.3 is 0 Å². The van der Waals surface area contributed by atoms with E-state index in [1.807, 2.05) is 23.9 Å². The van der Waals surface area contributed by atoms with Crippen molar-refractivity contribution in [1.82, 2.24) is 23.9 Å². The fourth-order valence-electron chi connectivity index (χ4n) is 3.54. The topological polar surface area (TPSA) is 91.1 Å². The average Bonchev–Trinajstić information content (AvgIpc) is 3.31. The van der Waals surface area contributed by atoms with Crippen LogP contribution in [0.2, 0.25) is 10.0 Å². The van der Waals surface area contributed by atoms with Crippen molar-refractivity contribution in [3.63, 3.8) is 0 Å². The molecular weight excluding hydrogens is 423 g/mol. The second kappa shape index (κ2) is 6.83. The third-order valence-corrected chi connectivity index (χ3v) is 5.52. The minimum Gasteiger partial charge on any atom is -0.364 e. The lowest BCUT2D eigenvalue weighted by atomic mass is 10.1. The van der Waals surface area contributed by atoms with E-state index in [2.05, 4.69) is 9.97 Å². The lowest BCUT2D eigenvalue weighted by Crippen LogP contribution is -2.15. The van der Waals surface area contributed by atoms with Crippen molar-refractivity contribution in [2.24, 2.45) is 12.8 Å². The molecule has 0 saturated carbocycles. The van der Waals surface area contributed by atoms with Gasteiger partial charge in [-0.2, -0.15) is 0 Å². The third kappa shape index (κ3) is 2.82. The third-order valence-electron chi connectivity index (χ3n) is 4.89. The van der Waals surface area contributed by atoms with Crippen LogP contribution in [0.15, 0.2) is 55.2 Å². The summed E-state index contributed by atoms with van der Waals surface area (Å²) in [7, 11) is 1.90. The number of amides is 1. The Morgan fingerprint density at radius 3 is 2.57 bits per heavy atom. The van der Waals surface area contributed by atoms with Gasteiger partial charge in [0.2, 0.25) is 0 Å². The van der Waals surface area contributed by atoms with E-state index in [0.717, 1.165) is 22.2 Å². The highest BCUT2D eigenvalue weighted by Gasteiger charge is 2.23. The van der Waals surface area contributed by atoms with Crippen molar-refractivity contribution in [2.75, 3.05) is 0 Å². The predicted octanol–water partition coefficient (Wildman–Crippen LogP) is 4.36. The van der Waals surface area contributed by atoms with Crippen LogP contribution in [0.25, 0.3) is 39.1 Å². The monoisotopic (exact) mass is 436 g/mol. The SMILES string of the molecule is Cn1cnc(-c2cnc3ccn4c(C(N)=O)c(-c5c(Cl)cccc5Cl)nc4c3c2)c1. The fraction of sp³-hybridized carbons (Fsp3) is 0.0476. The van der Waals surface area contributed by atoms with Crippen LogP contribution in [-0.4, -0.2) is 29.8 Å². The number of carbonyl (C=O) groups excluding carboxylic acids is 1. The Labute approximate surface area is 180 Å². The molecule has 0 atom stereocenters. The molecule has 9 heteroatoms. The molecule has 30 heavy (non-hydrogen) atoms. The Bertz CT molecular complexity index is 1450. The van der Waals surface area contributed by atoms with E-state index in [-0.39, 0.29) is 5.69 Å². The van der Waals surface area contributed by atoms with Gasteiger partial charge in [-0.3, -0.25) is 14.2 Å². The van der Waals surface area contributed by atoms with Crippen molar-refractivity contribution in [1.29, 1.82) is 0 Å². The summed E-state index contributed by atoms with van der Waals surface area (Å²) in [6, 6.07) is 8.85. The summed E-state index contributed by atoms with van der Waals surface area (Å²) in [5.41, 5.74) is 9.56. The number of nitrogens with two attached hydrogens (primary N) is 1. The molecule has 0 aliphatic rings. The van der Waals surface area contributed by atoms with Gasteiger partial charge in [0, 0.05) is 42.2 Å². The lowest BCUT2D eigenvalue weighted by Gasteiger charge is -2.06. The summed E-state index contributed by atoms with van der Waals surface area (Å²) >= 11 is 12.8. The molecule has 0 radical (unpaired) electrons. The summed E-state index contributed by atoms with van der Waals surface area (Å²) in [4.78, 5) is 26.0. The Morgan fingerprint density at radius 1 is 1.13 bits per heavy atom. The van der Waals surface area contributed by atoms with E-state index >= 15 is 0 Å². The van der Waals surface area contributed by atoms with Gasteiger partial charge in [0.15, 0.2) is 0 Å². The number of hydrogen-bond donors (Lipinski definition) is 1. The first-order chi connectivity index (χ1) is 14.4. The van der Waals surface area contributed by atoms with Crippen LogP contribution >= 0.6 is 23.2 Å². The minimum absolute atomic E-state index is 0.199. The van der Waals surface area contributed by atoms with E-state index in [4.69, 9.17) is 33.9 Å². The van der Waals surface area contributed by atoms with Crippen LogP contribution < -0.4 is 5.73 Å². The van der Waals surface area contributed by atoms with Crippen LogP contribution in [0.5, 0.6) is 0 Å². The van der Waals surface area contributed by atoms with Gasteiger partial charge in [0.25, 0.3) is 5.91 Å². The standard InChI is InChI=1S/C21H14Cl2N6O/c1-28-9-16(26-10-28)11-7-12-15(25-8-11)5-6-29-19(20(24)30)18(27-21(12)29)17-13(22)3-2-4-14(17)23/h2-10H,1H3,(H2,24,30). The highest BCUT2D eigenvalue weighted by atomic mass is 35.5. The first kappa shape index (κ1) is 18.6. The molecule has 0 fully saturated rings. The van der Waals surface area contributed by atoms with Crippen molar-refractivity contribution in [2.45, 2.75) is 0 Å². The van der Waals surface area contributed by atoms with Gasteiger partial charge in [-0.15, -0.1) is 0 Å². The molecule has 0 spiro atoms. The quantitative estimate of drug-likeness (QED) is 0.454. The Hall–Kier alpha value is -3.42. The number of halogens is 2. The molecule has 5 rings (SSSR count). The number of carbonyl (C=O) groups is 1. The Kier molecular flexibility index (Phi) is 4.23. The van der Waals surface area contributed by atoms with Crippen LogP contribution in [-0.2, 0) is 7.05 Å². The van der Waals surface area contributed by atoms with E-state index in [1.54, 1.807) is 47.4 Å². The minimum atomic E-state index is -0.637. The molecule has 2 N–H and O–H groups in total. The molecule has 4 aromatic heterocycles. The molecule has 0 aliphatic heterocycles. The predicted molar refractivity (Wildman–Crippen MR) is 117 cm³/mol. The fourth-order valence-corrected chi connectivity index (χ4v) is 4.11. The zero-order valence-electron chi connectivity index (χ0n) is 15.7. The van der Waals surface area contributed by atoms with E-state index in [9.17, 15) is 4.79 Å². The van der Waals surface area contributed by atoms with Crippen molar-refractivity contribution in [3.8, 4) is 22.5 Å². The number of imidazole rings is 2. The van der Waals surface area contributed by atoms with Crippen molar-refractivity contribution in [3.05, 3.63) is 71.0 Å². The van der Waals surface area contributed by atoms with Crippen LogP contribution in [0.4, 0.5) is 0 Å². The van der Waals surface area contributed by atoms with Gasteiger partial charge in [-0.05, 0) is 24.3 Å². The van der Waals surface area contributed by atoms with E-state index in [1.165, 1.54) is 0 Å². The molecule has 5 aromatic rings. The molecule has 0 bridgehead atoms. The first-order valence-corrected chi connectivity index (χ1v) is 9.73. The highest BCUT2D eigenvalue weighted by molar-refractivity contribution is 6.39. The summed E-state index contributed by atoms with van der Waals surface area (Å²) in [5.74, 6) is -0.637. The Morgan fingerprint density at radius 2 is 1.90 bits per heavy atom.